The first kappa shape index (κ1) is 19.8. The van der Waals surface area contributed by atoms with E-state index in [1.165, 1.54) is 0 Å². The van der Waals surface area contributed by atoms with Crippen molar-refractivity contribution in [2.75, 3.05) is 6.61 Å². The number of ether oxygens (including phenoxy) is 1. The molecule has 0 bridgehead atoms. The number of hydrogen-bond acceptors (Lipinski definition) is 5. The van der Waals surface area contributed by atoms with Crippen molar-refractivity contribution in [1.82, 2.24) is 0 Å². The molecule has 1 aliphatic rings. The van der Waals surface area contributed by atoms with Gasteiger partial charge in [0.15, 0.2) is 6.61 Å². The van der Waals surface area contributed by atoms with Crippen LogP contribution in [0.25, 0.3) is 33.4 Å². The molecule has 6 heteroatoms. The summed E-state index contributed by atoms with van der Waals surface area (Å²) in [5.74, 6) is -0.881. The summed E-state index contributed by atoms with van der Waals surface area (Å²) in [5, 5.41) is 10.4. The molecule has 5 rings (SSSR count). The largest absolute Gasteiger partial charge is 0.482 e. The molecule has 1 aliphatic carbocycles. The average molecular weight is 426 g/mol. The van der Waals surface area contributed by atoms with Crippen LogP contribution in [0.2, 0.25) is 0 Å². The maximum absolute atomic E-state index is 13.1. The van der Waals surface area contributed by atoms with Crippen molar-refractivity contribution in [3.8, 4) is 28.4 Å². The van der Waals surface area contributed by atoms with Crippen LogP contribution in [0.3, 0.4) is 0 Å². The van der Waals surface area contributed by atoms with E-state index in [0.717, 1.165) is 16.3 Å². The number of aryl methyl sites for hydroxylation is 1. The minimum atomic E-state index is -1.06. The van der Waals surface area contributed by atoms with Crippen LogP contribution < -0.4 is 4.74 Å². The second-order valence-corrected chi connectivity index (χ2v) is 7.78. The van der Waals surface area contributed by atoms with Gasteiger partial charge in [-0.3, -0.25) is 9.59 Å². The number of carboxylic acids is 1. The van der Waals surface area contributed by atoms with Gasteiger partial charge in [-0.1, -0.05) is 24.3 Å². The number of aliphatic carboxylic acids is 1. The van der Waals surface area contributed by atoms with Gasteiger partial charge in [0, 0.05) is 22.3 Å². The zero-order chi connectivity index (χ0) is 22.6. The van der Waals surface area contributed by atoms with Crippen molar-refractivity contribution in [2.24, 2.45) is 0 Å². The minimum Gasteiger partial charge on any atom is -0.482 e. The SMILES string of the molecule is Cc1c(-c2ccc(OCC(=O)O)cc2)oc2c1C(=O)C(=O)c1c-2ccc2c(C)cccc12. The molecule has 0 saturated carbocycles. The lowest BCUT2D eigenvalue weighted by molar-refractivity contribution is -0.139. The van der Waals surface area contributed by atoms with E-state index in [2.05, 4.69) is 0 Å². The zero-order valence-corrected chi connectivity index (χ0v) is 17.4. The van der Waals surface area contributed by atoms with Crippen molar-refractivity contribution < 1.29 is 28.6 Å². The third kappa shape index (κ3) is 2.92. The Kier molecular flexibility index (Phi) is 4.44. The fourth-order valence-electron chi connectivity index (χ4n) is 4.28. The number of rotatable bonds is 4. The van der Waals surface area contributed by atoms with Crippen LogP contribution in [-0.4, -0.2) is 29.2 Å². The first-order valence-corrected chi connectivity index (χ1v) is 10.1. The lowest BCUT2D eigenvalue weighted by Crippen LogP contribution is -2.21. The summed E-state index contributed by atoms with van der Waals surface area (Å²) in [6.45, 7) is 3.29. The van der Waals surface area contributed by atoms with Gasteiger partial charge in [0.2, 0.25) is 11.6 Å². The fourth-order valence-corrected chi connectivity index (χ4v) is 4.28. The Bertz CT molecular complexity index is 1440. The molecule has 158 valence electrons. The summed E-state index contributed by atoms with van der Waals surface area (Å²) < 4.78 is 11.3. The van der Waals surface area contributed by atoms with E-state index in [9.17, 15) is 14.4 Å². The van der Waals surface area contributed by atoms with Crippen LogP contribution in [0.15, 0.2) is 59.0 Å². The van der Waals surface area contributed by atoms with Crippen LogP contribution in [0, 0.1) is 13.8 Å². The van der Waals surface area contributed by atoms with Crippen LogP contribution >= 0.6 is 0 Å². The Labute approximate surface area is 183 Å². The number of fused-ring (bicyclic) bond motifs is 5. The molecule has 32 heavy (non-hydrogen) atoms. The number of carbonyl (C=O) groups is 3. The molecule has 1 heterocycles. The first-order chi connectivity index (χ1) is 15.4. The number of carbonyl (C=O) groups excluding carboxylic acids is 2. The van der Waals surface area contributed by atoms with Gasteiger partial charge in [-0.05, 0) is 60.5 Å². The van der Waals surface area contributed by atoms with Gasteiger partial charge in [0.1, 0.15) is 17.3 Å². The highest BCUT2D eigenvalue weighted by atomic mass is 16.5. The third-order valence-electron chi connectivity index (χ3n) is 5.81. The fraction of sp³-hybridized carbons (Fsp3) is 0.115. The van der Waals surface area contributed by atoms with E-state index in [4.69, 9.17) is 14.3 Å². The van der Waals surface area contributed by atoms with Crippen LogP contribution in [0.4, 0.5) is 0 Å². The predicted octanol–water partition coefficient (Wildman–Crippen LogP) is 5.23. The van der Waals surface area contributed by atoms with Gasteiger partial charge in [0.25, 0.3) is 0 Å². The molecule has 1 aromatic heterocycles. The molecule has 0 aliphatic heterocycles. The average Bonchev–Trinajstić information content (AvgIpc) is 3.13. The van der Waals surface area contributed by atoms with Gasteiger partial charge in [-0.2, -0.15) is 0 Å². The molecule has 3 aromatic carbocycles. The van der Waals surface area contributed by atoms with Crippen LogP contribution in [-0.2, 0) is 4.79 Å². The molecule has 0 saturated heterocycles. The van der Waals surface area contributed by atoms with Crippen LogP contribution in [0.1, 0.15) is 31.8 Å². The van der Waals surface area contributed by atoms with E-state index < -0.39 is 24.1 Å². The molecule has 0 radical (unpaired) electrons. The Balaban J connectivity index is 1.65. The van der Waals surface area contributed by atoms with Gasteiger partial charge in [0.05, 0.1) is 5.56 Å². The molecule has 1 N–H and O–H groups in total. The summed E-state index contributed by atoms with van der Waals surface area (Å²) >= 11 is 0. The highest BCUT2D eigenvalue weighted by Crippen LogP contribution is 2.44. The summed E-state index contributed by atoms with van der Waals surface area (Å²) in [7, 11) is 0. The van der Waals surface area contributed by atoms with Gasteiger partial charge in [-0.15, -0.1) is 0 Å². The molecule has 0 spiro atoms. The quantitative estimate of drug-likeness (QED) is 0.449. The van der Waals surface area contributed by atoms with E-state index in [-0.39, 0.29) is 5.56 Å². The Hall–Kier alpha value is -4.19. The zero-order valence-electron chi connectivity index (χ0n) is 17.4. The summed E-state index contributed by atoms with van der Waals surface area (Å²) in [6.07, 6.45) is 0. The topological polar surface area (TPSA) is 93.8 Å². The number of hydrogen-bond donors (Lipinski definition) is 1. The second-order valence-electron chi connectivity index (χ2n) is 7.78. The van der Waals surface area contributed by atoms with E-state index in [1.807, 2.05) is 37.3 Å². The highest BCUT2D eigenvalue weighted by molar-refractivity contribution is 6.54. The number of furan rings is 1. The lowest BCUT2D eigenvalue weighted by atomic mass is 9.83. The molecular formula is C26H18O6. The molecule has 6 nitrogen and oxygen atoms in total. The van der Waals surface area contributed by atoms with Crippen molar-refractivity contribution in [3.63, 3.8) is 0 Å². The standard InChI is InChI=1S/C26H18O6/c1-13-4-3-5-18-17(13)10-11-19-22(18)24(30)23(29)21-14(2)25(32-26(19)21)15-6-8-16(9-7-15)31-12-20(27)28/h3-11H,12H2,1-2H3,(H,27,28). The van der Waals surface area contributed by atoms with Crippen molar-refractivity contribution >= 4 is 28.3 Å². The summed E-state index contributed by atoms with van der Waals surface area (Å²) in [6, 6.07) is 16.2. The molecule has 0 amide bonds. The maximum Gasteiger partial charge on any atom is 0.341 e. The van der Waals surface area contributed by atoms with Gasteiger partial charge >= 0.3 is 5.97 Å². The lowest BCUT2D eigenvalue weighted by Gasteiger charge is -2.16. The number of Topliss-reactive ketones (excluding diaryl/α,β-unsaturated/α-hetero) is 2. The van der Waals surface area contributed by atoms with Crippen molar-refractivity contribution in [1.29, 1.82) is 0 Å². The summed E-state index contributed by atoms with van der Waals surface area (Å²) in [4.78, 5) is 36.9. The number of ketones is 2. The molecule has 0 unspecified atom stereocenters. The Morgan fingerprint density at radius 2 is 1.59 bits per heavy atom. The molecule has 4 aromatic rings. The van der Waals surface area contributed by atoms with E-state index in [0.29, 0.717) is 39.5 Å². The normalized spacial score (nSPS) is 12.6. The maximum atomic E-state index is 13.1. The molecule has 0 fully saturated rings. The van der Waals surface area contributed by atoms with Gasteiger partial charge < -0.3 is 14.3 Å². The highest BCUT2D eigenvalue weighted by Gasteiger charge is 2.37. The summed E-state index contributed by atoms with van der Waals surface area (Å²) in [5.41, 5.74) is 3.58. The van der Waals surface area contributed by atoms with Crippen LogP contribution in [0.5, 0.6) is 5.75 Å². The Morgan fingerprint density at radius 1 is 0.875 bits per heavy atom. The number of benzene rings is 3. The third-order valence-corrected chi connectivity index (χ3v) is 5.81. The van der Waals surface area contributed by atoms with Crippen molar-refractivity contribution in [2.45, 2.75) is 13.8 Å². The van der Waals surface area contributed by atoms with Crippen molar-refractivity contribution in [3.05, 3.63) is 76.9 Å². The monoisotopic (exact) mass is 426 g/mol. The van der Waals surface area contributed by atoms with E-state index >= 15 is 0 Å². The van der Waals surface area contributed by atoms with E-state index in [1.54, 1.807) is 31.2 Å². The minimum absolute atomic E-state index is 0.288. The smallest absolute Gasteiger partial charge is 0.341 e. The molecular weight excluding hydrogens is 408 g/mol. The second kappa shape index (κ2) is 7.20. The number of carboxylic acid groups (broad SMARTS) is 1. The predicted molar refractivity (Wildman–Crippen MR) is 118 cm³/mol. The Morgan fingerprint density at radius 3 is 2.31 bits per heavy atom. The first-order valence-electron chi connectivity index (χ1n) is 10.1. The van der Waals surface area contributed by atoms with Gasteiger partial charge in [-0.25, -0.2) is 4.79 Å². The molecule has 0 atom stereocenters.